The van der Waals surface area contributed by atoms with Crippen molar-refractivity contribution in [2.75, 3.05) is 0 Å². The van der Waals surface area contributed by atoms with Gasteiger partial charge in [0.2, 0.25) is 0 Å². The summed E-state index contributed by atoms with van der Waals surface area (Å²) >= 11 is 3.15. The molecule has 1 amide bonds. The molecule has 0 bridgehead atoms. The summed E-state index contributed by atoms with van der Waals surface area (Å²) in [5.41, 5.74) is 0.0460. The quantitative estimate of drug-likeness (QED) is 0.829. The Hall–Kier alpha value is -1.10. The Balaban J connectivity index is 2.86. The van der Waals surface area contributed by atoms with Gasteiger partial charge in [-0.15, -0.1) is 0 Å². The smallest absolute Gasteiger partial charge is 0.273 e. The van der Waals surface area contributed by atoms with E-state index in [1.54, 1.807) is 6.07 Å². The molecule has 1 aromatic rings. The van der Waals surface area contributed by atoms with Crippen molar-refractivity contribution in [2.45, 2.75) is 26.3 Å². The zero-order valence-corrected chi connectivity index (χ0v) is 10.2. The third-order valence-electron chi connectivity index (χ3n) is 2.04. The van der Waals surface area contributed by atoms with Gasteiger partial charge in [-0.05, 0) is 41.4 Å². The Morgan fingerprint density at radius 3 is 2.93 bits per heavy atom. The molecule has 0 fully saturated rings. The minimum Gasteiger partial charge on any atom is -0.505 e. The lowest BCUT2D eigenvalue weighted by Gasteiger charge is -2.11. The predicted octanol–water partition coefficient (Wildman–Crippen LogP) is 2.08. The third kappa shape index (κ3) is 3.20. The summed E-state index contributed by atoms with van der Waals surface area (Å²) < 4.78 is 0.523. The minimum atomic E-state index is -0.358. The van der Waals surface area contributed by atoms with Gasteiger partial charge in [-0.3, -0.25) is 4.79 Å². The van der Waals surface area contributed by atoms with Crippen LogP contribution in [0.3, 0.4) is 0 Å². The molecule has 82 valence electrons. The van der Waals surface area contributed by atoms with Crippen molar-refractivity contribution in [3.05, 3.63) is 22.4 Å². The lowest BCUT2D eigenvalue weighted by Crippen LogP contribution is -2.32. The number of hydrogen-bond acceptors (Lipinski definition) is 3. The number of pyridine rings is 1. The van der Waals surface area contributed by atoms with Crippen molar-refractivity contribution in [2.24, 2.45) is 0 Å². The Labute approximate surface area is 96.8 Å². The number of aromatic nitrogens is 1. The van der Waals surface area contributed by atoms with E-state index in [0.717, 1.165) is 6.42 Å². The summed E-state index contributed by atoms with van der Waals surface area (Å²) in [6.07, 6.45) is 0.834. The van der Waals surface area contributed by atoms with Crippen molar-refractivity contribution in [3.63, 3.8) is 0 Å². The van der Waals surface area contributed by atoms with Gasteiger partial charge in [0.1, 0.15) is 10.4 Å². The first kappa shape index (κ1) is 12.0. The highest BCUT2D eigenvalue weighted by molar-refractivity contribution is 9.10. The molecule has 1 rings (SSSR count). The molecule has 0 aliphatic heterocycles. The maximum atomic E-state index is 11.6. The number of amides is 1. The van der Waals surface area contributed by atoms with Gasteiger partial charge < -0.3 is 10.4 Å². The third-order valence-corrected chi connectivity index (χ3v) is 2.49. The molecule has 4 nitrogen and oxygen atoms in total. The summed E-state index contributed by atoms with van der Waals surface area (Å²) in [5, 5.41) is 12.2. The zero-order chi connectivity index (χ0) is 11.4. The topological polar surface area (TPSA) is 62.2 Å². The van der Waals surface area contributed by atoms with E-state index in [1.165, 1.54) is 6.07 Å². The number of rotatable bonds is 3. The van der Waals surface area contributed by atoms with E-state index in [0.29, 0.717) is 4.60 Å². The van der Waals surface area contributed by atoms with Gasteiger partial charge >= 0.3 is 0 Å². The van der Waals surface area contributed by atoms with Crippen molar-refractivity contribution in [1.82, 2.24) is 10.3 Å². The predicted molar refractivity (Wildman–Crippen MR) is 60.8 cm³/mol. The second kappa shape index (κ2) is 5.11. The lowest BCUT2D eigenvalue weighted by atomic mass is 10.2. The fourth-order valence-corrected chi connectivity index (χ4v) is 1.30. The standard InChI is InChI=1S/C10H13BrN2O2/c1-3-6(2)12-10(15)9-7(14)4-5-8(11)13-9/h4-6,14H,3H2,1-2H3,(H,12,15). The van der Waals surface area contributed by atoms with Gasteiger partial charge in [0.05, 0.1) is 0 Å². The molecule has 0 spiro atoms. The van der Waals surface area contributed by atoms with Crippen LogP contribution in [0, 0.1) is 0 Å². The molecular formula is C10H13BrN2O2. The van der Waals surface area contributed by atoms with Crippen molar-refractivity contribution < 1.29 is 9.90 Å². The van der Waals surface area contributed by atoms with Crippen LogP contribution in [0.4, 0.5) is 0 Å². The number of nitrogens with one attached hydrogen (secondary N) is 1. The second-order valence-electron chi connectivity index (χ2n) is 3.28. The molecule has 0 radical (unpaired) electrons. The van der Waals surface area contributed by atoms with Crippen molar-refractivity contribution in [3.8, 4) is 5.75 Å². The van der Waals surface area contributed by atoms with Gasteiger partial charge in [0.25, 0.3) is 5.91 Å². The zero-order valence-electron chi connectivity index (χ0n) is 8.62. The number of carbonyl (C=O) groups is 1. The van der Waals surface area contributed by atoms with E-state index in [1.807, 2.05) is 13.8 Å². The number of nitrogens with zero attached hydrogens (tertiary/aromatic N) is 1. The van der Waals surface area contributed by atoms with Crippen LogP contribution in [0.15, 0.2) is 16.7 Å². The molecule has 0 aliphatic rings. The molecule has 2 N–H and O–H groups in total. The Morgan fingerprint density at radius 1 is 1.67 bits per heavy atom. The minimum absolute atomic E-state index is 0.0460. The Morgan fingerprint density at radius 2 is 2.33 bits per heavy atom. The molecule has 15 heavy (non-hydrogen) atoms. The van der Waals surface area contributed by atoms with Gasteiger partial charge in [-0.25, -0.2) is 4.98 Å². The lowest BCUT2D eigenvalue weighted by molar-refractivity contribution is 0.0931. The summed E-state index contributed by atoms with van der Waals surface area (Å²) in [4.78, 5) is 15.5. The summed E-state index contributed by atoms with van der Waals surface area (Å²) in [7, 11) is 0. The van der Waals surface area contributed by atoms with Crippen LogP contribution in [-0.2, 0) is 0 Å². The van der Waals surface area contributed by atoms with E-state index >= 15 is 0 Å². The largest absolute Gasteiger partial charge is 0.505 e. The van der Waals surface area contributed by atoms with Crippen LogP contribution in [0.5, 0.6) is 5.75 Å². The van der Waals surface area contributed by atoms with Crippen LogP contribution in [-0.4, -0.2) is 22.0 Å². The van der Waals surface area contributed by atoms with Crippen molar-refractivity contribution in [1.29, 1.82) is 0 Å². The van der Waals surface area contributed by atoms with Crippen LogP contribution in [0.2, 0.25) is 0 Å². The molecule has 1 heterocycles. The molecule has 0 saturated carbocycles. The number of halogens is 1. The maximum Gasteiger partial charge on any atom is 0.273 e. The summed E-state index contributed by atoms with van der Waals surface area (Å²) in [6.45, 7) is 3.87. The maximum absolute atomic E-state index is 11.6. The molecule has 0 aliphatic carbocycles. The van der Waals surface area contributed by atoms with Gasteiger partial charge in [-0.2, -0.15) is 0 Å². The average Bonchev–Trinajstić information content (AvgIpc) is 2.21. The van der Waals surface area contributed by atoms with Crippen LogP contribution < -0.4 is 5.32 Å². The van der Waals surface area contributed by atoms with Gasteiger partial charge in [0, 0.05) is 6.04 Å². The second-order valence-corrected chi connectivity index (χ2v) is 4.10. The van der Waals surface area contributed by atoms with Crippen LogP contribution in [0.25, 0.3) is 0 Å². The number of hydrogen-bond donors (Lipinski definition) is 2. The molecule has 5 heteroatoms. The molecule has 1 unspecified atom stereocenters. The average molecular weight is 273 g/mol. The highest BCUT2D eigenvalue weighted by atomic mass is 79.9. The molecular weight excluding hydrogens is 260 g/mol. The molecule has 0 aromatic carbocycles. The van der Waals surface area contributed by atoms with E-state index in [9.17, 15) is 9.90 Å². The summed E-state index contributed by atoms with van der Waals surface area (Å²) in [5.74, 6) is -0.470. The number of aromatic hydroxyl groups is 1. The number of carbonyl (C=O) groups excluding carboxylic acids is 1. The van der Waals surface area contributed by atoms with E-state index in [4.69, 9.17) is 0 Å². The van der Waals surface area contributed by atoms with Crippen molar-refractivity contribution >= 4 is 21.8 Å². The van der Waals surface area contributed by atoms with E-state index in [2.05, 4.69) is 26.2 Å². The first-order valence-corrected chi connectivity index (χ1v) is 5.50. The van der Waals surface area contributed by atoms with Crippen LogP contribution in [0.1, 0.15) is 30.8 Å². The monoisotopic (exact) mass is 272 g/mol. The fourth-order valence-electron chi connectivity index (χ4n) is 0.989. The Kier molecular flexibility index (Phi) is 4.08. The van der Waals surface area contributed by atoms with Crippen LogP contribution >= 0.6 is 15.9 Å². The highest BCUT2D eigenvalue weighted by Crippen LogP contribution is 2.17. The first-order valence-electron chi connectivity index (χ1n) is 4.71. The SMILES string of the molecule is CCC(C)NC(=O)c1nc(Br)ccc1O. The molecule has 1 atom stereocenters. The van der Waals surface area contributed by atoms with Gasteiger partial charge in [-0.1, -0.05) is 6.92 Å². The van der Waals surface area contributed by atoms with E-state index < -0.39 is 0 Å². The summed E-state index contributed by atoms with van der Waals surface area (Å²) in [6, 6.07) is 3.08. The molecule has 1 aromatic heterocycles. The first-order chi connectivity index (χ1) is 7.04. The molecule has 0 saturated heterocycles. The highest BCUT2D eigenvalue weighted by Gasteiger charge is 2.14. The fraction of sp³-hybridized carbons (Fsp3) is 0.400. The normalized spacial score (nSPS) is 12.2. The van der Waals surface area contributed by atoms with Gasteiger partial charge in [0.15, 0.2) is 5.69 Å². The Bertz CT molecular complexity index is 368. The van der Waals surface area contributed by atoms with E-state index in [-0.39, 0.29) is 23.4 Å².